The Labute approximate surface area is 81.5 Å². The Balaban J connectivity index is 2.67. The molecular formula is C10H11N3O. The van der Waals surface area contributed by atoms with Gasteiger partial charge in [-0.05, 0) is 32.0 Å². The first-order valence-electron chi connectivity index (χ1n) is 4.56. The predicted molar refractivity (Wildman–Crippen MR) is 53.2 cm³/mol. The van der Waals surface area contributed by atoms with Crippen LogP contribution in [0.2, 0.25) is 0 Å². The fraction of sp³-hybridized carbons (Fsp3) is 0.300. The summed E-state index contributed by atoms with van der Waals surface area (Å²) in [4.78, 5) is 11.2. The van der Waals surface area contributed by atoms with Crippen LogP contribution in [0.15, 0.2) is 18.2 Å². The van der Waals surface area contributed by atoms with E-state index in [4.69, 9.17) is 0 Å². The van der Waals surface area contributed by atoms with Crippen molar-refractivity contribution in [2.24, 2.45) is 0 Å². The zero-order valence-electron chi connectivity index (χ0n) is 8.19. The number of aromatic nitrogens is 3. The van der Waals surface area contributed by atoms with E-state index in [9.17, 15) is 4.79 Å². The summed E-state index contributed by atoms with van der Waals surface area (Å²) in [5.74, 6) is 0.0655. The number of rotatable bonds is 2. The number of carbonyl (C=O) groups is 1. The van der Waals surface area contributed by atoms with Crippen LogP contribution >= 0.6 is 0 Å². The monoisotopic (exact) mass is 189 g/mol. The lowest BCUT2D eigenvalue weighted by Crippen LogP contribution is -1.97. The number of nitrogens with zero attached hydrogens (tertiary/aromatic N) is 3. The van der Waals surface area contributed by atoms with Gasteiger partial charge in [-0.1, -0.05) is 5.21 Å². The van der Waals surface area contributed by atoms with Crippen LogP contribution in [0.1, 0.15) is 24.2 Å². The van der Waals surface area contributed by atoms with E-state index < -0.39 is 0 Å². The summed E-state index contributed by atoms with van der Waals surface area (Å²) in [7, 11) is 0. The molecule has 1 aromatic heterocycles. The first-order chi connectivity index (χ1) is 6.72. The molecule has 0 spiro atoms. The van der Waals surface area contributed by atoms with Crippen LogP contribution in [0.5, 0.6) is 0 Å². The summed E-state index contributed by atoms with van der Waals surface area (Å²) < 4.78 is 1.78. The molecule has 2 rings (SSSR count). The van der Waals surface area contributed by atoms with E-state index >= 15 is 0 Å². The van der Waals surface area contributed by atoms with Crippen molar-refractivity contribution in [3.8, 4) is 0 Å². The third-order valence-corrected chi connectivity index (χ3v) is 2.22. The minimum absolute atomic E-state index is 0.0655. The Morgan fingerprint density at radius 1 is 1.50 bits per heavy atom. The van der Waals surface area contributed by atoms with Crippen molar-refractivity contribution in [2.45, 2.75) is 20.4 Å². The van der Waals surface area contributed by atoms with Gasteiger partial charge in [0.25, 0.3) is 0 Å². The molecule has 72 valence electrons. The lowest BCUT2D eigenvalue weighted by Gasteiger charge is -1.98. The van der Waals surface area contributed by atoms with Gasteiger partial charge in [-0.25, -0.2) is 4.68 Å². The molecule has 0 aliphatic heterocycles. The van der Waals surface area contributed by atoms with Crippen LogP contribution in [0.3, 0.4) is 0 Å². The lowest BCUT2D eigenvalue weighted by molar-refractivity contribution is 0.101. The van der Waals surface area contributed by atoms with Crippen LogP contribution < -0.4 is 0 Å². The average molecular weight is 189 g/mol. The Hall–Kier alpha value is -1.71. The van der Waals surface area contributed by atoms with Crippen molar-refractivity contribution in [2.75, 3.05) is 0 Å². The number of Topliss-reactive ketones (excluding diaryl/α,β-unsaturated/α-hetero) is 1. The SMILES string of the molecule is CCn1nnc2ccc(C(C)=O)cc21. The van der Waals surface area contributed by atoms with E-state index in [1.165, 1.54) is 0 Å². The lowest BCUT2D eigenvalue weighted by atomic mass is 10.1. The third kappa shape index (κ3) is 1.28. The van der Waals surface area contributed by atoms with E-state index in [0.717, 1.165) is 17.6 Å². The molecule has 0 radical (unpaired) electrons. The highest BCUT2D eigenvalue weighted by atomic mass is 16.1. The van der Waals surface area contributed by atoms with Crippen LogP contribution in [-0.4, -0.2) is 20.8 Å². The van der Waals surface area contributed by atoms with Crippen molar-refractivity contribution >= 4 is 16.8 Å². The summed E-state index contributed by atoms with van der Waals surface area (Å²) >= 11 is 0. The van der Waals surface area contributed by atoms with Gasteiger partial charge in [0.05, 0.1) is 5.52 Å². The summed E-state index contributed by atoms with van der Waals surface area (Å²) in [6.07, 6.45) is 0. The number of hydrogen-bond acceptors (Lipinski definition) is 3. The Kier molecular flexibility index (Phi) is 2.04. The highest BCUT2D eigenvalue weighted by molar-refractivity contribution is 5.97. The number of ketones is 1. The largest absolute Gasteiger partial charge is 0.295 e. The van der Waals surface area contributed by atoms with E-state index in [1.54, 1.807) is 17.7 Å². The summed E-state index contributed by atoms with van der Waals surface area (Å²) in [5.41, 5.74) is 2.45. The first-order valence-corrected chi connectivity index (χ1v) is 4.56. The Morgan fingerprint density at radius 2 is 2.29 bits per heavy atom. The van der Waals surface area contributed by atoms with Gasteiger partial charge < -0.3 is 0 Å². The third-order valence-electron chi connectivity index (χ3n) is 2.22. The molecule has 0 atom stereocenters. The topological polar surface area (TPSA) is 47.8 Å². The standard InChI is InChI=1S/C10H11N3O/c1-3-13-10-6-8(7(2)14)4-5-9(10)11-12-13/h4-6H,3H2,1-2H3. The van der Waals surface area contributed by atoms with Crippen molar-refractivity contribution in [1.29, 1.82) is 0 Å². The fourth-order valence-corrected chi connectivity index (χ4v) is 1.42. The molecule has 0 saturated heterocycles. The minimum Gasteiger partial charge on any atom is -0.295 e. The Morgan fingerprint density at radius 3 is 2.93 bits per heavy atom. The molecule has 0 amide bonds. The van der Waals surface area contributed by atoms with Gasteiger partial charge in [0.1, 0.15) is 5.52 Å². The zero-order chi connectivity index (χ0) is 10.1. The molecule has 1 heterocycles. The Bertz CT molecular complexity index is 487. The quantitative estimate of drug-likeness (QED) is 0.675. The second-order valence-electron chi connectivity index (χ2n) is 3.16. The molecule has 0 aliphatic carbocycles. The molecule has 4 nitrogen and oxygen atoms in total. The van der Waals surface area contributed by atoms with Crippen molar-refractivity contribution in [1.82, 2.24) is 15.0 Å². The molecule has 1 aromatic carbocycles. The molecule has 14 heavy (non-hydrogen) atoms. The number of aryl methyl sites for hydroxylation is 1. The highest BCUT2D eigenvalue weighted by Crippen LogP contribution is 2.13. The number of carbonyl (C=O) groups excluding carboxylic acids is 1. The van der Waals surface area contributed by atoms with Gasteiger partial charge in [-0.2, -0.15) is 0 Å². The molecule has 0 aliphatic rings. The number of benzene rings is 1. The average Bonchev–Trinajstić information content (AvgIpc) is 2.59. The predicted octanol–water partition coefficient (Wildman–Crippen LogP) is 1.65. The molecule has 0 N–H and O–H groups in total. The second kappa shape index (κ2) is 3.21. The zero-order valence-corrected chi connectivity index (χ0v) is 8.19. The molecule has 2 aromatic rings. The number of fused-ring (bicyclic) bond motifs is 1. The smallest absolute Gasteiger partial charge is 0.159 e. The summed E-state index contributed by atoms with van der Waals surface area (Å²) in [6, 6.07) is 5.44. The molecular weight excluding hydrogens is 178 g/mol. The van der Waals surface area contributed by atoms with Crippen molar-refractivity contribution in [3.05, 3.63) is 23.8 Å². The maximum atomic E-state index is 11.2. The maximum absolute atomic E-state index is 11.2. The summed E-state index contributed by atoms with van der Waals surface area (Å²) in [6.45, 7) is 4.31. The molecule has 0 fully saturated rings. The second-order valence-corrected chi connectivity index (χ2v) is 3.16. The van der Waals surface area contributed by atoms with Crippen LogP contribution in [0.4, 0.5) is 0 Å². The molecule has 0 unspecified atom stereocenters. The van der Waals surface area contributed by atoms with E-state index in [0.29, 0.717) is 5.56 Å². The van der Waals surface area contributed by atoms with Gasteiger partial charge >= 0.3 is 0 Å². The van der Waals surface area contributed by atoms with Gasteiger partial charge in [0.2, 0.25) is 0 Å². The van der Waals surface area contributed by atoms with E-state index in [1.807, 2.05) is 19.1 Å². The highest BCUT2D eigenvalue weighted by Gasteiger charge is 2.05. The van der Waals surface area contributed by atoms with Crippen LogP contribution in [-0.2, 0) is 6.54 Å². The van der Waals surface area contributed by atoms with Crippen LogP contribution in [0, 0.1) is 0 Å². The first kappa shape index (κ1) is 8.87. The number of hydrogen-bond donors (Lipinski definition) is 0. The maximum Gasteiger partial charge on any atom is 0.159 e. The van der Waals surface area contributed by atoms with E-state index in [-0.39, 0.29) is 5.78 Å². The molecule has 0 saturated carbocycles. The molecule has 0 bridgehead atoms. The van der Waals surface area contributed by atoms with E-state index in [2.05, 4.69) is 10.3 Å². The van der Waals surface area contributed by atoms with Crippen LogP contribution in [0.25, 0.3) is 11.0 Å². The minimum atomic E-state index is 0.0655. The van der Waals surface area contributed by atoms with Gasteiger partial charge in [0.15, 0.2) is 5.78 Å². The van der Waals surface area contributed by atoms with Gasteiger partial charge in [0, 0.05) is 12.1 Å². The van der Waals surface area contributed by atoms with Crippen molar-refractivity contribution < 1.29 is 4.79 Å². The normalized spacial score (nSPS) is 10.7. The fourth-order valence-electron chi connectivity index (χ4n) is 1.42. The van der Waals surface area contributed by atoms with Gasteiger partial charge in [-0.3, -0.25) is 4.79 Å². The van der Waals surface area contributed by atoms with Crippen molar-refractivity contribution in [3.63, 3.8) is 0 Å². The molecule has 4 heteroatoms. The van der Waals surface area contributed by atoms with Gasteiger partial charge in [-0.15, -0.1) is 5.10 Å². The summed E-state index contributed by atoms with van der Waals surface area (Å²) in [5, 5.41) is 7.96.